The highest BCUT2D eigenvalue weighted by molar-refractivity contribution is 5.59. The number of hydrogen-bond acceptors (Lipinski definition) is 5. The lowest BCUT2D eigenvalue weighted by atomic mass is 10.0. The lowest BCUT2D eigenvalue weighted by molar-refractivity contribution is 0.479. The first kappa shape index (κ1) is 16.2. The Kier molecular flexibility index (Phi) is 4.61. The molecule has 24 heavy (non-hydrogen) atoms. The highest BCUT2D eigenvalue weighted by Gasteiger charge is 2.24. The molecule has 6 heteroatoms. The van der Waals surface area contributed by atoms with E-state index in [1.54, 1.807) is 12.4 Å². The van der Waals surface area contributed by atoms with Crippen molar-refractivity contribution in [3.05, 3.63) is 47.7 Å². The first-order valence-electron chi connectivity index (χ1n) is 8.04. The second-order valence-electron chi connectivity index (χ2n) is 6.12. The molecule has 2 heterocycles. The van der Waals surface area contributed by atoms with Crippen molar-refractivity contribution in [2.75, 3.05) is 29.9 Å². The van der Waals surface area contributed by atoms with E-state index < -0.39 is 0 Å². The van der Waals surface area contributed by atoms with E-state index in [0.717, 1.165) is 43.1 Å². The van der Waals surface area contributed by atoms with Gasteiger partial charge in [-0.25, -0.2) is 14.4 Å². The molecular formula is C18H20FN5. The van der Waals surface area contributed by atoms with Crippen molar-refractivity contribution >= 4 is 11.5 Å². The molecule has 2 aromatic rings. The van der Waals surface area contributed by atoms with Gasteiger partial charge in [0.1, 0.15) is 24.0 Å². The van der Waals surface area contributed by atoms with Crippen LogP contribution in [-0.2, 0) is 0 Å². The molecule has 0 saturated carbocycles. The van der Waals surface area contributed by atoms with E-state index in [1.807, 2.05) is 13.0 Å². The summed E-state index contributed by atoms with van der Waals surface area (Å²) in [5, 5.41) is 9.22. The van der Waals surface area contributed by atoms with Gasteiger partial charge >= 0.3 is 0 Å². The van der Waals surface area contributed by atoms with Gasteiger partial charge in [0, 0.05) is 37.9 Å². The van der Waals surface area contributed by atoms with Crippen LogP contribution in [0.3, 0.4) is 0 Å². The zero-order valence-corrected chi connectivity index (χ0v) is 13.9. The molecule has 3 rings (SSSR count). The summed E-state index contributed by atoms with van der Waals surface area (Å²) in [5.74, 6) is 0.560. The number of benzene rings is 1. The Balaban J connectivity index is 1.69. The minimum Gasteiger partial charge on any atom is -0.370 e. The van der Waals surface area contributed by atoms with Crippen LogP contribution in [0.5, 0.6) is 0 Å². The van der Waals surface area contributed by atoms with Gasteiger partial charge in [-0.2, -0.15) is 5.26 Å². The molecule has 1 saturated heterocycles. The molecule has 0 aliphatic carbocycles. The number of halogens is 1. The van der Waals surface area contributed by atoms with Gasteiger partial charge < -0.3 is 9.80 Å². The second-order valence-corrected chi connectivity index (χ2v) is 6.12. The molecule has 1 fully saturated rings. The number of piperidine rings is 1. The molecular weight excluding hydrogens is 305 g/mol. The van der Waals surface area contributed by atoms with Crippen molar-refractivity contribution < 1.29 is 4.39 Å². The Hall–Kier alpha value is -2.68. The van der Waals surface area contributed by atoms with Gasteiger partial charge in [-0.15, -0.1) is 0 Å². The summed E-state index contributed by atoms with van der Waals surface area (Å²) >= 11 is 0. The van der Waals surface area contributed by atoms with Gasteiger partial charge in [0.2, 0.25) is 0 Å². The predicted molar refractivity (Wildman–Crippen MR) is 91.5 cm³/mol. The molecule has 0 N–H and O–H groups in total. The highest BCUT2D eigenvalue weighted by Crippen LogP contribution is 2.27. The number of nitriles is 1. The summed E-state index contributed by atoms with van der Waals surface area (Å²) in [6.45, 7) is 3.62. The van der Waals surface area contributed by atoms with Crippen molar-refractivity contribution in [3.63, 3.8) is 0 Å². The van der Waals surface area contributed by atoms with E-state index in [1.165, 1.54) is 12.1 Å². The molecule has 0 radical (unpaired) electrons. The average Bonchev–Trinajstić information content (AvgIpc) is 2.61. The van der Waals surface area contributed by atoms with Crippen LogP contribution in [0, 0.1) is 24.1 Å². The zero-order chi connectivity index (χ0) is 17.1. The monoisotopic (exact) mass is 325 g/mol. The van der Waals surface area contributed by atoms with E-state index >= 15 is 0 Å². The van der Waals surface area contributed by atoms with E-state index in [-0.39, 0.29) is 5.82 Å². The summed E-state index contributed by atoms with van der Waals surface area (Å²) < 4.78 is 13.3. The minimum absolute atomic E-state index is 0.371. The number of anilines is 2. The quantitative estimate of drug-likeness (QED) is 0.868. The Bertz CT molecular complexity index is 762. The normalized spacial score (nSPS) is 15.2. The molecule has 1 aliphatic rings. The third-order valence-electron chi connectivity index (χ3n) is 4.58. The summed E-state index contributed by atoms with van der Waals surface area (Å²) in [6.07, 6.45) is 3.51. The van der Waals surface area contributed by atoms with Crippen LogP contribution in [0.1, 0.15) is 24.1 Å². The lowest BCUT2D eigenvalue weighted by Gasteiger charge is -2.38. The van der Waals surface area contributed by atoms with E-state index in [0.29, 0.717) is 11.6 Å². The fourth-order valence-electron chi connectivity index (χ4n) is 3.19. The van der Waals surface area contributed by atoms with Gasteiger partial charge in [-0.05, 0) is 38.0 Å². The van der Waals surface area contributed by atoms with Crippen LogP contribution < -0.4 is 9.80 Å². The van der Waals surface area contributed by atoms with Gasteiger partial charge in [-0.3, -0.25) is 0 Å². The fraction of sp³-hybridized carbons (Fsp3) is 0.389. The van der Waals surface area contributed by atoms with Crippen LogP contribution >= 0.6 is 0 Å². The number of rotatable bonds is 3. The van der Waals surface area contributed by atoms with Gasteiger partial charge in [0.15, 0.2) is 0 Å². The van der Waals surface area contributed by atoms with Crippen molar-refractivity contribution in [2.45, 2.75) is 25.8 Å². The topological polar surface area (TPSA) is 56.0 Å². The maximum atomic E-state index is 13.3. The molecule has 1 aliphatic heterocycles. The van der Waals surface area contributed by atoms with Crippen LogP contribution in [-0.4, -0.2) is 36.1 Å². The minimum atomic E-state index is -0.371. The highest BCUT2D eigenvalue weighted by atomic mass is 19.1. The first-order valence-corrected chi connectivity index (χ1v) is 8.04. The Morgan fingerprint density at radius 3 is 2.67 bits per heavy atom. The van der Waals surface area contributed by atoms with Crippen molar-refractivity contribution in [1.82, 2.24) is 9.97 Å². The first-order chi connectivity index (χ1) is 11.6. The summed E-state index contributed by atoms with van der Waals surface area (Å²) in [6, 6.07) is 8.88. The Morgan fingerprint density at radius 2 is 2.00 bits per heavy atom. The third-order valence-corrected chi connectivity index (χ3v) is 4.58. The third kappa shape index (κ3) is 3.30. The number of aryl methyl sites for hydroxylation is 1. The SMILES string of the molecule is Cc1cc(N(C)C2CCN(c3ccc(F)cc3C#N)CC2)ncn1. The van der Waals surface area contributed by atoms with Crippen LogP contribution in [0.2, 0.25) is 0 Å². The maximum absolute atomic E-state index is 13.3. The standard InChI is InChI=1S/C18H20FN5/c1-13-9-18(22-12-21-13)23(2)16-5-7-24(8-6-16)17-4-3-15(19)10-14(17)11-20/h3-4,9-10,12,16H,5-8H2,1-2H3. The van der Waals surface area contributed by atoms with Crippen molar-refractivity contribution in [1.29, 1.82) is 5.26 Å². The molecule has 1 aromatic heterocycles. The molecule has 0 bridgehead atoms. The van der Waals surface area contributed by atoms with Gasteiger partial charge in [0.25, 0.3) is 0 Å². The average molecular weight is 325 g/mol. The molecule has 5 nitrogen and oxygen atoms in total. The Morgan fingerprint density at radius 1 is 1.25 bits per heavy atom. The van der Waals surface area contributed by atoms with Crippen LogP contribution in [0.4, 0.5) is 15.9 Å². The van der Waals surface area contributed by atoms with Gasteiger partial charge in [0.05, 0.1) is 11.3 Å². The number of nitrogens with zero attached hydrogens (tertiary/aromatic N) is 5. The Labute approximate surface area is 141 Å². The van der Waals surface area contributed by atoms with E-state index in [4.69, 9.17) is 0 Å². The zero-order valence-electron chi connectivity index (χ0n) is 13.9. The number of hydrogen-bond donors (Lipinski definition) is 0. The molecule has 0 atom stereocenters. The second kappa shape index (κ2) is 6.83. The van der Waals surface area contributed by atoms with Gasteiger partial charge in [-0.1, -0.05) is 0 Å². The summed E-state index contributed by atoms with van der Waals surface area (Å²) in [7, 11) is 2.06. The van der Waals surface area contributed by atoms with E-state index in [2.05, 4.69) is 32.9 Å². The fourth-order valence-corrected chi connectivity index (χ4v) is 3.19. The lowest BCUT2D eigenvalue weighted by Crippen LogP contribution is -2.44. The predicted octanol–water partition coefficient (Wildman–Crippen LogP) is 2.90. The smallest absolute Gasteiger partial charge is 0.132 e. The van der Waals surface area contributed by atoms with E-state index in [9.17, 15) is 9.65 Å². The van der Waals surface area contributed by atoms with Crippen molar-refractivity contribution in [3.8, 4) is 6.07 Å². The van der Waals surface area contributed by atoms with Crippen molar-refractivity contribution in [2.24, 2.45) is 0 Å². The molecule has 0 spiro atoms. The number of aromatic nitrogens is 2. The molecule has 124 valence electrons. The largest absolute Gasteiger partial charge is 0.370 e. The van der Waals surface area contributed by atoms with Crippen LogP contribution in [0.25, 0.3) is 0 Å². The summed E-state index contributed by atoms with van der Waals surface area (Å²) in [4.78, 5) is 12.8. The molecule has 1 aromatic carbocycles. The molecule has 0 amide bonds. The maximum Gasteiger partial charge on any atom is 0.132 e. The van der Waals surface area contributed by atoms with Crippen LogP contribution in [0.15, 0.2) is 30.6 Å². The molecule has 0 unspecified atom stereocenters. The summed E-state index contributed by atoms with van der Waals surface area (Å²) in [5.41, 5.74) is 2.17.